The molecular formula is C13H14N2O7. The van der Waals surface area contributed by atoms with Gasteiger partial charge in [0, 0.05) is 25.0 Å². The number of nitrogens with zero attached hydrogens (tertiary/aromatic N) is 1. The number of carbonyl (C=O) groups excluding carboxylic acids is 2. The van der Waals surface area contributed by atoms with E-state index < -0.39 is 29.3 Å². The highest BCUT2D eigenvalue weighted by Crippen LogP contribution is 2.17. The van der Waals surface area contributed by atoms with Crippen LogP contribution in [0.4, 0.5) is 5.69 Å². The number of hydrogen-bond donors (Lipinski definition) is 2. The lowest BCUT2D eigenvalue weighted by Crippen LogP contribution is -2.29. The summed E-state index contributed by atoms with van der Waals surface area (Å²) in [4.78, 5) is 42.8. The summed E-state index contributed by atoms with van der Waals surface area (Å²) in [7, 11) is 0. The molecule has 1 aromatic carbocycles. The Kier molecular flexibility index (Phi) is 6.48. The number of non-ortho nitro benzene ring substituents is 1. The van der Waals surface area contributed by atoms with Crippen LogP contribution in [0.3, 0.4) is 0 Å². The zero-order valence-corrected chi connectivity index (χ0v) is 11.5. The van der Waals surface area contributed by atoms with Crippen molar-refractivity contribution in [2.24, 2.45) is 0 Å². The monoisotopic (exact) mass is 310 g/mol. The molecule has 9 heteroatoms. The Morgan fingerprint density at radius 1 is 1.18 bits per heavy atom. The molecular weight excluding hydrogens is 296 g/mol. The third-order valence-corrected chi connectivity index (χ3v) is 2.50. The van der Waals surface area contributed by atoms with Crippen molar-refractivity contribution < 1.29 is 29.2 Å². The quantitative estimate of drug-likeness (QED) is 0.314. The number of carbonyl (C=O) groups is 3. The lowest BCUT2D eigenvalue weighted by atomic mass is 10.2. The predicted molar refractivity (Wildman–Crippen MR) is 73.2 cm³/mol. The summed E-state index contributed by atoms with van der Waals surface area (Å²) in [5, 5.41) is 21.0. The molecule has 2 N–H and O–H groups in total. The summed E-state index contributed by atoms with van der Waals surface area (Å²) in [6.07, 6.45) is 0.178. The first-order valence-electron chi connectivity index (χ1n) is 6.32. The number of carboxylic acids is 1. The summed E-state index contributed by atoms with van der Waals surface area (Å²) in [5.41, 5.74) is -0.116. The molecule has 0 heterocycles. The number of nitro benzene ring substituents is 1. The summed E-state index contributed by atoms with van der Waals surface area (Å²) in [5.74, 6) is -2.03. The molecule has 0 saturated heterocycles. The van der Waals surface area contributed by atoms with E-state index in [1.54, 1.807) is 0 Å². The van der Waals surface area contributed by atoms with Gasteiger partial charge < -0.3 is 15.2 Å². The zero-order valence-electron chi connectivity index (χ0n) is 11.5. The number of aliphatic carboxylic acids is 1. The lowest BCUT2D eigenvalue weighted by molar-refractivity contribution is -0.384. The Hall–Kier alpha value is -2.97. The van der Waals surface area contributed by atoms with E-state index in [0.717, 1.165) is 0 Å². The van der Waals surface area contributed by atoms with Crippen molar-refractivity contribution in [1.29, 1.82) is 0 Å². The average molecular weight is 310 g/mol. The van der Waals surface area contributed by atoms with Crippen LogP contribution in [0.2, 0.25) is 0 Å². The first-order valence-corrected chi connectivity index (χ1v) is 6.32. The maximum atomic E-state index is 11.5. The van der Waals surface area contributed by atoms with Crippen LogP contribution >= 0.6 is 0 Å². The summed E-state index contributed by atoms with van der Waals surface area (Å²) >= 11 is 0. The number of hydrogen-bond acceptors (Lipinski definition) is 6. The van der Waals surface area contributed by atoms with E-state index in [2.05, 4.69) is 5.32 Å². The van der Waals surface area contributed by atoms with Gasteiger partial charge >= 0.3 is 11.9 Å². The molecule has 0 aromatic heterocycles. The first-order chi connectivity index (χ1) is 10.4. The number of ether oxygens (including phenoxy) is 1. The minimum atomic E-state index is -1.15. The number of benzene rings is 1. The minimum absolute atomic E-state index is 0.00262. The SMILES string of the molecule is O=C(O)CNC(=O)CCCC(=O)Oc1ccc([N+](=O)[O-])cc1. The van der Waals surface area contributed by atoms with Gasteiger partial charge in [0.15, 0.2) is 0 Å². The molecule has 0 aliphatic rings. The number of amides is 1. The van der Waals surface area contributed by atoms with Gasteiger partial charge in [-0.1, -0.05) is 0 Å². The van der Waals surface area contributed by atoms with Crippen LogP contribution < -0.4 is 10.1 Å². The maximum Gasteiger partial charge on any atom is 0.322 e. The summed E-state index contributed by atoms with van der Waals surface area (Å²) < 4.78 is 4.94. The highest BCUT2D eigenvalue weighted by atomic mass is 16.6. The van der Waals surface area contributed by atoms with Crippen LogP contribution in [0.1, 0.15) is 19.3 Å². The van der Waals surface area contributed by atoms with Gasteiger partial charge in [-0.2, -0.15) is 0 Å². The highest BCUT2D eigenvalue weighted by Gasteiger charge is 2.10. The Labute approximate surface area is 125 Å². The molecule has 0 unspecified atom stereocenters. The van der Waals surface area contributed by atoms with Gasteiger partial charge in [-0.15, -0.1) is 0 Å². The molecule has 0 aliphatic heterocycles. The Morgan fingerprint density at radius 2 is 1.82 bits per heavy atom. The van der Waals surface area contributed by atoms with E-state index >= 15 is 0 Å². The number of esters is 1. The maximum absolute atomic E-state index is 11.5. The minimum Gasteiger partial charge on any atom is -0.480 e. The molecule has 0 radical (unpaired) electrons. The normalized spacial score (nSPS) is 9.82. The fourth-order valence-corrected chi connectivity index (χ4v) is 1.47. The molecule has 0 spiro atoms. The van der Waals surface area contributed by atoms with Gasteiger partial charge in [0.05, 0.1) is 4.92 Å². The molecule has 9 nitrogen and oxygen atoms in total. The molecule has 1 rings (SSSR count). The molecule has 0 fully saturated rings. The molecule has 22 heavy (non-hydrogen) atoms. The van der Waals surface area contributed by atoms with Crippen molar-refractivity contribution in [3.05, 3.63) is 34.4 Å². The highest BCUT2D eigenvalue weighted by molar-refractivity contribution is 5.81. The van der Waals surface area contributed by atoms with Crippen LogP contribution in [0, 0.1) is 10.1 Å². The van der Waals surface area contributed by atoms with Crippen LogP contribution in [0.25, 0.3) is 0 Å². The second-order valence-corrected chi connectivity index (χ2v) is 4.25. The smallest absolute Gasteiger partial charge is 0.322 e. The molecule has 0 bridgehead atoms. The van der Waals surface area contributed by atoms with Gasteiger partial charge in [0.1, 0.15) is 12.3 Å². The molecule has 118 valence electrons. The summed E-state index contributed by atoms with van der Waals surface area (Å²) in [6, 6.07) is 5.02. The van der Waals surface area contributed by atoms with Crippen molar-refractivity contribution in [3.8, 4) is 5.75 Å². The van der Waals surface area contributed by atoms with Crippen molar-refractivity contribution in [3.63, 3.8) is 0 Å². The molecule has 0 saturated carbocycles. The van der Waals surface area contributed by atoms with E-state index in [1.165, 1.54) is 24.3 Å². The summed E-state index contributed by atoms with van der Waals surface area (Å²) in [6.45, 7) is -0.466. The van der Waals surface area contributed by atoms with Crippen molar-refractivity contribution in [2.75, 3.05) is 6.54 Å². The van der Waals surface area contributed by atoms with E-state index in [-0.39, 0.29) is 30.7 Å². The third kappa shape index (κ3) is 6.46. The number of rotatable bonds is 8. The van der Waals surface area contributed by atoms with E-state index in [9.17, 15) is 24.5 Å². The van der Waals surface area contributed by atoms with Crippen LogP contribution in [-0.4, -0.2) is 34.4 Å². The third-order valence-electron chi connectivity index (χ3n) is 2.50. The molecule has 1 amide bonds. The second-order valence-electron chi connectivity index (χ2n) is 4.25. The Bertz CT molecular complexity index is 568. The molecule has 1 aromatic rings. The Balaban J connectivity index is 2.30. The standard InChI is InChI=1S/C13H14N2O7/c16-11(14-8-12(17)18)2-1-3-13(19)22-10-6-4-9(5-7-10)15(20)21/h4-7H,1-3,8H2,(H,14,16)(H,17,18). The number of carboxylic acid groups (broad SMARTS) is 1. The van der Waals surface area contributed by atoms with Crippen LogP contribution in [0.5, 0.6) is 5.75 Å². The van der Waals surface area contributed by atoms with Crippen molar-refractivity contribution >= 4 is 23.5 Å². The predicted octanol–water partition coefficient (Wildman–Crippen LogP) is 0.871. The average Bonchev–Trinajstić information content (AvgIpc) is 2.45. The fraction of sp³-hybridized carbons (Fsp3) is 0.308. The van der Waals surface area contributed by atoms with E-state index in [0.29, 0.717) is 0 Å². The number of nitro groups is 1. The van der Waals surface area contributed by atoms with Gasteiger partial charge in [-0.05, 0) is 18.6 Å². The second kappa shape index (κ2) is 8.35. The van der Waals surface area contributed by atoms with E-state index in [1.807, 2.05) is 0 Å². The molecule has 0 aliphatic carbocycles. The topological polar surface area (TPSA) is 136 Å². The Morgan fingerprint density at radius 3 is 2.36 bits per heavy atom. The van der Waals surface area contributed by atoms with Gasteiger partial charge in [-0.25, -0.2) is 0 Å². The lowest BCUT2D eigenvalue weighted by Gasteiger charge is -2.04. The van der Waals surface area contributed by atoms with Crippen molar-refractivity contribution in [2.45, 2.75) is 19.3 Å². The zero-order chi connectivity index (χ0) is 16.5. The van der Waals surface area contributed by atoms with Gasteiger partial charge in [0.2, 0.25) is 5.91 Å². The van der Waals surface area contributed by atoms with E-state index in [4.69, 9.17) is 9.84 Å². The first kappa shape index (κ1) is 17.1. The van der Waals surface area contributed by atoms with Crippen molar-refractivity contribution in [1.82, 2.24) is 5.32 Å². The van der Waals surface area contributed by atoms with Gasteiger partial charge in [-0.3, -0.25) is 24.5 Å². The molecule has 0 atom stereocenters. The van der Waals surface area contributed by atoms with Crippen LogP contribution in [0.15, 0.2) is 24.3 Å². The number of nitrogens with one attached hydrogen (secondary N) is 1. The largest absolute Gasteiger partial charge is 0.480 e. The fourth-order valence-electron chi connectivity index (χ4n) is 1.47. The van der Waals surface area contributed by atoms with Crippen LogP contribution in [-0.2, 0) is 14.4 Å². The van der Waals surface area contributed by atoms with Gasteiger partial charge in [0.25, 0.3) is 5.69 Å².